The maximum Gasteiger partial charge on any atom is 0.224 e. The van der Waals surface area contributed by atoms with Gasteiger partial charge >= 0.3 is 0 Å². The van der Waals surface area contributed by atoms with Gasteiger partial charge in [0.05, 0.1) is 0 Å². The fourth-order valence-electron chi connectivity index (χ4n) is 2.24. The van der Waals surface area contributed by atoms with Crippen molar-refractivity contribution in [1.29, 1.82) is 0 Å². The monoisotopic (exact) mass is 241 g/mol. The zero-order chi connectivity index (χ0) is 12.9. The molecular weight excluding hydrogens is 214 g/mol. The molecule has 0 radical (unpaired) electrons. The summed E-state index contributed by atoms with van der Waals surface area (Å²) in [6.07, 6.45) is 3.13. The van der Waals surface area contributed by atoms with Crippen LogP contribution in [-0.2, 0) is 4.79 Å². The van der Waals surface area contributed by atoms with E-state index in [0.29, 0.717) is 6.54 Å². The quantitative estimate of drug-likeness (QED) is 0.749. The summed E-state index contributed by atoms with van der Waals surface area (Å²) in [5.41, 5.74) is 5.84. The second-order valence-corrected chi connectivity index (χ2v) is 5.67. The average Bonchev–Trinajstić information content (AvgIpc) is 2.33. The first-order valence-electron chi connectivity index (χ1n) is 6.67. The van der Waals surface area contributed by atoms with E-state index < -0.39 is 0 Å². The summed E-state index contributed by atoms with van der Waals surface area (Å²) < 4.78 is 0. The van der Waals surface area contributed by atoms with Crippen LogP contribution in [0.25, 0.3) is 0 Å². The Bertz CT molecular complexity index is 243. The molecule has 3 N–H and O–H groups in total. The number of hydrogen-bond acceptors (Lipinski definition) is 3. The first kappa shape index (κ1) is 14.5. The number of amides is 1. The third kappa shape index (κ3) is 4.28. The molecule has 0 aromatic rings. The Labute approximate surface area is 105 Å². The van der Waals surface area contributed by atoms with Gasteiger partial charge in [0.15, 0.2) is 0 Å². The Balaban J connectivity index is 2.36. The highest BCUT2D eigenvalue weighted by atomic mass is 16.1. The second-order valence-electron chi connectivity index (χ2n) is 5.67. The molecule has 100 valence electrons. The summed E-state index contributed by atoms with van der Waals surface area (Å²) in [5, 5.41) is 3.07. The molecule has 0 saturated carbocycles. The van der Waals surface area contributed by atoms with Crippen LogP contribution in [0.1, 0.15) is 33.1 Å². The molecule has 0 aromatic heterocycles. The molecule has 0 bridgehead atoms. The van der Waals surface area contributed by atoms with Crippen LogP contribution < -0.4 is 11.1 Å². The van der Waals surface area contributed by atoms with E-state index in [-0.39, 0.29) is 17.2 Å². The molecule has 4 nitrogen and oxygen atoms in total. The van der Waals surface area contributed by atoms with Gasteiger partial charge in [-0.05, 0) is 44.8 Å². The standard InChI is InChI=1S/C13H27N3O/c1-4-11(9-14)12(17)15-10-13(2)5-7-16(3)8-6-13/h11H,4-10,14H2,1-3H3,(H,15,17). The van der Waals surface area contributed by atoms with E-state index in [1.807, 2.05) is 6.92 Å². The fourth-order valence-corrected chi connectivity index (χ4v) is 2.24. The largest absolute Gasteiger partial charge is 0.355 e. The summed E-state index contributed by atoms with van der Waals surface area (Å²) in [5.74, 6) is 0.0972. The van der Waals surface area contributed by atoms with E-state index >= 15 is 0 Å². The van der Waals surface area contributed by atoms with Crippen LogP contribution in [-0.4, -0.2) is 44.0 Å². The van der Waals surface area contributed by atoms with Crippen LogP contribution >= 0.6 is 0 Å². The van der Waals surface area contributed by atoms with Crippen molar-refractivity contribution < 1.29 is 4.79 Å². The topological polar surface area (TPSA) is 58.4 Å². The molecule has 17 heavy (non-hydrogen) atoms. The number of nitrogens with one attached hydrogen (secondary N) is 1. The van der Waals surface area contributed by atoms with Gasteiger partial charge in [-0.1, -0.05) is 13.8 Å². The summed E-state index contributed by atoms with van der Waals surface area (Å²) in [4.78, 5) is 14.2. The number of rotatable bonds is 5. The number of carbonyl (C=O) groups is 1. The van der Waals surface area contributed by atoms with Crippen LogP contribution in [0.2, 0.25) is 0 Å². The molecule has 1 aliphatic rings. The molecule has 1 atom stereocenters. The molecule has 0 spiro atoms. The van der Waals surface area contributed by atoms with Gasteiger partial charge < -0.3 is 16.0 Å². The maximum atomic E-state index is 11.9. The maximum absolute atomic E-state index is 11.9. The molecule has 1 rings (SSSR count). The smallest absolute Gasteiger partial charge is 0.224 e. The molecule has 4 heteroatoms. The highest BCUT2D eigenvalue weighted by molar-refractivity contribution is 5.78. The van der Waals surface area contributed by atoms with Crippen molar-refractivity contribution in [3.8, 4) is 0 Å². The molecule has 0 aromatic carbocycles. The lowest BCUT2D eigenvalue weighted by Gasteiger charge is -2.38. The Hall–Kier alpha value is -0.610. The van der Waals surface area contributed by atoms with Gasteiger partial charge in [0, 0.05) is 19.0 Å². The minimum Gasteiger partial charge on any atom is -0.355 e. The van der Waals surface area contributed by atoms with E-state index in [9.17, 15) is 4.79 Å². The number of nitrogens with zero attached hydrogens (tertiary/aromatic N) is 1. The van der Waals surface area contributed by atoms with Crippen LogP contribution in [0.5, 0.6) is 0 Å². The average molecular weight is 241 g/mol. The predicted octanol–water partition coefficient (Wildman–Crippen LogP) is 0.819. The summed E-state index contributed by atoms with van der Waals surface area (Å²) in [6.45, 7) is 7.76. The Kier molecular flexibility index (Phi) is 5.40. The van der Waals surface area contributed by atoms with Gasteiger partial charge in [-0.3, -0.25) is 4.79 Å². The minimum atomic E-state index is -0.0233. The highest BCUT2D eigenvalue weighted by Crippen LogP contribution is 2.29. The van der Waals surface area contributed by atoms with Crippen LogP contribution in [0.4, 0.5) is 0 Å². The van der Waals surface area contributed by atoms with Crippen molar-refractivity contribution >= 4 is 5.91 Å². The van der Waals surface area contributed by atoms with Gasteiger partial charge in [-0.2, -0.15) is 0 Å². The first-order valence-corrected chi connectivity index (χ1v) is 6.67. The van der Waals surface area contributed by atoms with Crippen molar-refractivity contribution in [3.05, 3.63) is 0 Å². The molecule has 1 heterocycles. The summed E-state index contributed by atoms with van der Waals surface area (Å²) >= 11 is 0. The third-order valence-corrected chi connectivity index (χ3v) is 4.03. The minimum absolute atomic E-state index is 0.0233. The normalized spacial score (nSPS) is 22.1. The van der Waals surface area contributed by atoms with Gasteiger partial charge in [0.2, 0.25) is 5.91 Å². The lowest BCUT2D eigenvalue weighted by Crippen LogP contribution is -2.45. The summed E-state index contributed by atoms with van der Waals surface area (Å²) in [7, 11) is 2.15. The van der Waals surface area contributed by atoms with Gasteiger partial charge in [-0.15, -0.1) is 0 Å². The van der Waals surface area contributed by atoms with Crippen LogP contribution in [0.3, 0.4) is 0 Å². The Morgan fingerprint density at radius 3 is 2.53 bits per heavy atom. The number of nitrogens with two attached hydrogens (primary N) is 1. The molecule has 1 fully saturated rings. The van der Waals surface area contributed by atoms with Crippen molar-refractivity contribution in [1.82, 2.24) is 10.2 Å². The Morgan fingerprint density at radius 2 is 2.06 bits per heavy atom. The van der Waals surface area contributed by atoms with Gasteiger partial charge in [0.25, 0.3) is 0 Å². The lowest BCUT2D eigenvalue weighted by atomic mass is 9.80. The van der Waals surface area contributed by atoms with Crippen molar-refractivity contribution in [2.24, 2.45) is 17.1 Å². The number of piperidine rings is 1. The molecule has 1 aliphatic heterocycles. The van der Waals surface area contributed by atoms with E-state index in [2.05, 4.69) is 24.2 Å². The third-order valence-electron chi connectivity index (χ3n) is 4.03. The van der Waals surface area contributed by atoms with E-state index in [1.54, 1.807) is 0 Å². The SMILES string of the molecule is CCC(CN)C(=O)NCC1(C)CCN(C)CC1. The van der Waals surface area contributed by atoms with E-state index in [4.69, 9.17) is 5.73 Å². The molecule has 1 unspecified atom stereocenters. The lowest BCUT2D eigenvalue weighted by molar-refractivity contribution is -0.125. The molecule has 0 aliphatic carbocycles. The number of hydrogen-bond donors (Lipinski definition) is 2. The van der Waals surface area contributed by atoms with Crippen molar-refractivity contribution in [2.75, 3.05) is 33.2 Å². The van der Waals surface area contributed by atoms with Crippen molar-refractivity contribution in [3.63, 3.8) is 0 Å². The van der Waals surface area contributed by atoms with E-state index in [1.165, 1.54) is 0 Å². The molecular formula is C13H27N3O. The van der Waals surface area contributed by atoms with E-state index in [0.717, 1.165) is 38.9 Å². The van der Waals surface area contributed by atoms with Crippen molar-refractivity contribution in [2.45, 2.75) is 33.1 Å². The number of carbonyl (C=O) groups excluding carboxylic acids is 1. The van der Waals surface area contributed by atoms with Gasteiger partial charge in [0.1, 0.15) is 0 Å². The number of likely N-dealkylation sites (tertiary alicyclic amines) is 1. The second kappa shape index (κ2) is 6.36. The zero-order valence-corrected chi connectivity index (χ0v) is 11.5. The van der Waals surface area contributed by atoms with Crippen LogP contribution in [0, 0.1) is 11.3 Å². The van der Waals surface area contributed by atoms with Crippen LogP contribution in [0.15, 0.2) is 0 Å². The first-order chi connectivity index (χ1) is 8.00. The molecule has 1 saturated heterocycles. The van der Waals surface area contributed by atoms with Gasteiger partial charge in [-0.25, -0.2) is 0 Å². The Morgan fingerprint density at radius 1 is 1.47 bits per heavy atom. The molecule has 1 amide bonds. The fraction of sp³-hybridized carbons (Fsp3) is 0.923. The predicted molar refractivity (Wildman–Crippen MR) is 70.7 cm³/mol. The highest BCUT2D eigenvalue weighted by Gasteiger charge is 2.29. The zero-order valence-electron chi connectivity index (χ0n) is 11.5. The summed E-state index contributed by atoms with van der Waals surface area (Å²) in [6, 6.07) is 0.